The summed E-state index contributed by atoms with van der Waals surface area (Å²) < 4.78 is 0. The Balaban J connectivity index is 1.38. The molecule has 2 heteroatoms. The van der Waals surface area contributed by atoms with Crippen LogP contribution < -0.4 is 5.32 Å². The topological polar surface area (TPSA) is 29.1 Å². The van der Waals surface area contributed by atoms with Gasteiger partial charge < -0.3 is 5.32 Å². The zero-order valence-electron chi connectivity index (χ0n) is 28.3. The molecule has 0 heterocycles. The summed E-state index contributed by atoms with van der Waals surface area (Å²) in [6.07, 6.45) is 7.09. The molecular weight excluding hydrogens is 583 g/mol. The highest BCUT2D eigenvalue weighted by Crippen LogP contribution is 2.60. The summed E-state index contributed by atoms with van der Waals surface area (Å²) in [7, 11) is 0. The van der Waals surface area contributed by atoms with E-state index < -0.39 is 0 Å². The normalized spacial score (nSPS) is 22.8. The number of nitrogens with one attached hydrogen (secondary N) is 1. The minimum atomic E-state index is -0.260. The first-order chi connectivity index (χ1) is 23.5. The van der Waals surface area contributed by atoms with E-state index in [0.717, 1.165) is 24.9 Å². The molecule has 0 atom stereocenters. The van der Waals surface area contributed by atoms with Gasteiger partial charge in [-0.2, -0.15) is 0 Å². The summed E-state index contributed by atoms with van der Waals surface area (Å²) in [5.41, 5.74) is 9.33. The highest BCUT2D eigenvalue weighted by atomic mass is 16.2. The van der Waals surface area contributed by atoms with E-state index in [2.05, 4.69) is 153 Å². The third kappa shape index (κ3) is 5.80. The Bertz CT molecular complexity index is 1640. The molecule has 9 rings (SSSR count). The third-order valence-corrected chi connectivity index (χ3v) is 11.8. The fourth-order valence-electron chi connectivity index (χ4n) is 9.96. The lowest BCUT2D eigenvalue weighted by atomic mass is 9.49. The molecule has 1 N–H and O–H groups in total. The Morgan fingerprint density at radius 1 is 0.542 bits per heavy atom. The summed E-state index contributed by atoms with van der Waals surface area (Å²) >= 11 is 0. The van der Waals surface area contributed by atoms with E-state index >= 15 is 4.79 Å². The van der Waals surface area contributed by atoms with E-state index in [1.165, 1.54) is 58.2 Å². The molecule has 242 valence electrons. The Labute approximate surface area is 286 Å². The second-order valence-corrected chi connectivity index (χ2v) is 15.4. The summed E-state index contributed by atoms with van der Waals surface area (Å²) in [5.74, 6) is 2.59. The van der Waals surface area contributed by atoms with Crippen LogP contribution in [0.4, 0.5) is 5.69 Å². The molecule has 4 fully saturated rings. The van der Waals surface area contributed by atoms with E-state index in [0.29, 0.717) is 23.7 Å². The molecule has 2 nitrogen and oxygen atoms in total. The van der Waals surface area contributed by atoms with Gasteiger partial charge in [-0.1, -0.05) is 147 Å². The van der Waals surface area contributed by atoms with E-state index in [1.807, 2.05) is 0 Å². The quantitative estimate of drug-likeness (QED) is 0.162. The van der Waals surface area contributed by atoms with Crippen molar-refractivity contribution in [3.8, 4) is 0 Å². The first kappa shape index (κ1) is 30.9. The zero-order chi connectivity index (χ0) is 32.7. The summed E-state index contributed by atoms with van der Waals surface area (Å²) in [6.45, 7) is 4.58. The lowest BCUT2D eigenvalue weighted by Crippen LogP contribution is -2.52. The van der Waals surface area contributed by atoms with E-state index in [9.17, 15) is 0 Å². The number of amides is 1. The van der Waals surface area contributed by atoms with Gasteiger partial charge >= 0.3 is 0 Å². The highest BCUT2D eigenvalue weighted by Gasteiger charge is 2.54. The van der Waals surface area contributed by atoms with E-state index in [-0.39, 0.29) is 23.2 Å². The molecule has 5 aromatic rings. The average molecular weight is 630 g/mol. The number of hydrogen-bond acceptors (Lipinski definition) is 1. The zero-order valence-corrected chi connectivity index (χ0v) is 28.3. The van der Waals surface area contributed by atoms with Crippen molar-refractivity contribution in [3.63, 3.8) is 0 Å². The van der Waals surface area contributed by atoms with E-state index in [4.69, 9.17) is 0 Å². The number of benzene rings is 5. The van der Waals surface area contributed by atoms with Gasteiger partial charge in [0, 0.05) is 17.5 Å². The van der Waals surface area contributed by atoms with Crippen LogP contribution in [-0.2, 0) is 4.79 Å². The van der Waals surface area contributed by atoms with Crippen molar-refractivity contribution in [3.05, 3.63) is 172 Å². The van der Waals surface area contributed by atoms with Crippen LogP contribution in [0.3, 0.4) is 0 Å². The van der Waals surface area contributed by atoms with Crippen LogP contribution in [0.5, 0.6) is 0 Å². The van der Waals surface area contributed by atoms with Crippen molar-refractivity contribution >= 4 is 11.6 Å². The number of carbonyl (C=O) groups is 1. The van der Waals surface area contributed by atoms with Crippen molar-refractivity contribution in [2.24, 2.45) is 23.2 Å². The number of rotatable bonds is 9. The van der Waals surface area contributed by atoms with Crippen molar-refractivity contribution in [1.29, 1.82) is 0 Å². The maximum absolute atomic E-state index is 15.1. The van der Waals surface area contributed by atoms with Crippen LogP contribution in [0.2, 0.25) is 0 Å². The van der Waals surface area contributed by atoms with Gasteiger partial charge in [0.25, 0.3) is 0 Å². The van der Waals surface area contributed by atoms with Crippen molar-refractivity contribution < 1.29 is 4.79 Å². The fourth-order valence-corrected chi connectivity index (χ4v) is 9.96. The van der Waals surface area contributed by atoms with Gasteiger partial charge in [0.15, 0.2) is 0 Å². The molecule has 0 unspecified atom stereocenters. The molecule has 5 aromatic carbocycles. The first-order valence-electron chi connectivity index (χ1n) is 18.2. The molecule has 4 saturated carbocycles. The minimum Gasteiger partial charge on any atom is -0.325 e. The largest absolute Gasteiger partial charge is 0.325 e. The SMILES string of the molecule is CC(C)c1cc(C(c2ccccc2)c2ccccc2)c(NC(=O)C23CC4CC(CC(C4)C2)C3)c(C(c2ccccc2)c2ccccc2)c1. The molecule has 0 spiro atoms. The van der Waals surface area contributed by atoms with Crippen LogP contribution >= 0.6 is 0 Å². The lowest BCUT2D eigenvalue weighted by molar-refractivity contribution is -0.140. The van der Waals surface area contributed by atoms with Gasteiger partial charge in [-0.05, 0) is 101 Å². The molecule has 1 amide bonds. The van der Waals surface area contributed by atoms with Gasteiger partial charge in [0.2, 0.25) is 5.91 Å². The van der Waals surface area contributed by atoms with Gasteiger partial charge in [-0.3, -0.25) is 4.79 Å². The number of carbonyl (C=O) groups excluding carboxylic acids is 1. The summed E-state index contributed by atoms with van der Waals surface area (Å²) in [5, 5.41) is 3.80. The second-order valence-electron chi connectivity index (χ2n) is 15.4. The molecule has 4 aliphatic rings. The molecule has 0 aromatic heterocycles. The average Bonchev–Trinajstić information content (AvgIpc) is 3.11. The van der Waals surface area contributed by atoms with E-state index in [1.54, 1.807) is 0 Å². The Kier molecular flexibility index (Phi) is 8.29. The molecule has 4 aliphatic carbocycles. The molecule has 0 saturated heterocycles. The number of hydrogen-bond donors (Lipinski definition) is 1. The summed E-state index contributed by atoms with van der Waals surface area (Å²) in [6, 6.07) is 48.3. The van der Waals surface area contributed by atoms with Crippen LogP contribution in [0, 0.1) is 23.2 Å². The molecule has 0 aliphatic heterocycles. The molecule has 0 radical (unpaired) electrons. The van der Waals surface area contributed by atoms with Gasteiger partial charge in [-0.15, -0.1) is 0 Å². The predicted molar refractivity (Wildman–Crippen MR) is 197 cm³/mol. The highest BCUT2D eigenvalue weighted by molar-refractivity contribution is 5.98. The summed E-state index contributed by atoms with van der Waals surface area (Å²) in [4.78, 5) is 15.1. The maximum atomic E-state index is 15.1. The smallest absolute Gasteiger partial charge is 0.230 e. The standard InChI is InChI=1S/C46H47NO/c1-31(2)39-26-40(42(35-15-7-3-8-16-35)36-17-9-4-10-18-36)44(47-45(48)46-28-32-23-33(29-46)25-34(24-32)30-46)41(27-39)43(37-19-11-5-12-20-37)38-21-13-6-14-22-38/h3-22,26-27,31-34,42-43H,23-25,28-30H2,1-2H3,(H,47,48). The second kappa shape index (κ2) is 12.9. The first-order valence-corrected chi connectivity index (χ1v) is 18.2. The van der Waals surface area contributed by atoms with Crippen molar-refractivity contribution in [2.75, 3.05) is 5.32 Å². The maximum Gasteiger partial charge on any atom is 0.230 e. The van der Waals surface area contributed by atoms with Gasteiger partial charge in [0.05, 0.1) is 5.41 Å². The monoisotopic (exact) mass is 629 g/mol. The lowest BCUT2D eigenvalue weighted by Gasteiger charge is -2.55. The van der Waals surface area contributed by atoms with Crippen molar-refractivity contribution in [2.45, 2.75) is 70.1 Å². The molecule has 4 bridgehead atoms. The Hall–Kier alpha value is -4.43. The molecule has 48 heavy (non-hydrogen) atoms. The van der Waals surface area contributed by atoms with Crippen molar-refractivity contribution in [1.82, 2.24) is 0 Å². The predicted octanol–water partition coefficient (Wildman–Crippen LogP) is 11.3. The van der Waals surface area contributed by atoms with Gasteiger partial charge in [-0.25, -0.2) is 0 Å². The van der Waals surface area contributed by atoms with Crippen LogP contribution in [0.15, 0.2) is 133 Å². The van der Waals surface area contributed by atoms with Crippen LogP contribution in [0.25, 0.3) is 0 Å². The Morgan fingerprint density at radius 3 is 1.19 bits per heavy atom. The van der Waals surface area contributed by atoms with Crippen LogP contribution in [-0.4, -0.2) is 5.91 Å². The van der Waals surface area contributed by atoms with Crippen LogP contribution in [0.1, 0.15) is 109 Å². The number of anilines is 1. The Morgan fingerprint density at radius 2 is 0.875 bits per heavy atom. The van der Waals surface area contributed by atoms with Gasteiger partial charge in [0.1, 0.15) is 0 Å². The minimum absolute atomic E-state index is 0.0382. The molecular formula is C46H47NO. The third-order valence-electron chi connectivity index (χ3n) is 11.8. The fraction of sp³-hybridized carbons (Fsp3) is 0.326.